The van der Waals surface area contributed by atoms with E-state index in [9.17, 15) is 19.5 Å². The van der Waals surface area contributed by atoms with E-state index >= 15 is 0 Å². The predicted molar refractivity (Wildman–Crippen MR) is 119 cm³/mol. The Kier molecular flexibility index (Phi) is 7.93. The van der Waals surface area contributed by atoms with Gasteiger partial charge in [-0.05, 0) is 50.2 Å². The lowest BCUT2D eigenvalue weighted by Gasteiger charge is -2.35. The molecule has 0 bridgehead atoms. The highest BCUT2D eigenvalue weighted by molar-refractivity contribution is 5.99. The molecular weight excluding hydrogens is 394 g/mol. The summed E-state index contributed by atoms with van der Waals surface area (Å²) in [6.07, 6.45) is 7.14. The van der Waals surface area contributed by atoms with E-state index in [2.05, 4.69) is 10.6 Å². The topological polar surface area (TPSA) is 98.7 Å². The molecule has 31 heavy (non-hydrogen) atoms. The quantitative estimate of drug-likeness (QED) is 0.578. The third kappa shape index (κ3) is 5.57. The van der Waals surface area contributed by atoms with Crippen molar-refractivity contribution in [1.29, 1.82) is 0 Å². The van der Waals surface area contributed by atoms with Crippen LogP contribution in [0.2, 0.25) is 0 Å². The van der Waals surface area contributed by atoms with Crippen LogP contribution >= 0.6 is 0 Å². The maximum atomic E-state index is 13.6. The number of phenols is 1. The van der Waals surface area contributed by atoms with Gasteiger partial charge in [-0.2, -0.15) is 0 Å². The van der Waals surface area contributed by atoms with Crippen molar-refractivity contribution >= 4 is 23.4 Å². The number of amides is 3. The van der Waals surface area contributed by atoms with Gasteiger partial charge in [-0.25, -0.2) is 0 Å². The fourth-order valence-corrected chi connectivity index (χ4v) is 4.61. The fraction of sp³-hybridized carbons (Fsp3) is 0.625. The zero-order valence-electron chi connectivity index (χ0n) is 18.6. The Hall–Kier alpha value is -2.57. The van der Waals surface area contributed by atoms with Gasteiger partial charge in [0.2, 0.25) is 17.7 Å². The molecule has 1 heterocycles. The minimum Gasteiger partial charge on any atom is -0.506 e. The first-order valence-electron chi connectivity index (χ1n) is 11.6. The SMILES string of the molecule is CC[C@@H](C)C(=O)N[C@H](C(=O)N1CCC[C@H]1C(=O)Nc1ccccc1O)C1CCCCC1. The smallest absolute Gasteiger partial charge is 0.247 e. The normalized spacial score (nSPS) is 21.4. The Morgan fingerprint density at radius 1 is 1.10 bits per heavy atom. The van der Waals surface area contributed by atoms with Crippen LogP contribution in [-0.2, 0) is 14.4 Å². The molecule has 170 valence electrons. The van der Waals surface area contributed by atoms with Gasteiger partial charge in [0.1, 0.15) is 17.8 Å². The monoisotopic (exact) mass is 429 g/mol. The standard InChI is InChI=1S/C24H35N3O4/c1-3-16(2)22(29)26-21(17-10-5-4-6-11-17)24(31)27-15-9-13-19(27)23(30)25-18-12-7-8-14-20(18)28/h7-8,12,14,16-17,19,21,28H,3-6,9-11,13,15H2,1-2H3,(H,25,30)(H,26,29)/t16-,19+,21+/m1/s1. The van der Waals surface area contributed by atoms with E-state index in [0.717, 1.165) is 38.5 Å². The molecule has 3 atom stereocenters. The maximum Gasteiger partial charge on any atom is 0.247 e. The Morgan fingerprint density at radius 2 is 1.81 bits per heavy atom. The molecule has 3 rings (SSSR count). The number of hydrogen-bond donors (Lipinski definition) is 3. The molecule has 2 aliphatic rings. The van der Waals surface area contributed by atoms with Crippen LogP contribution in [0.15, 0.2) is 24.3 Å². The van der Waals surface area contributed by atoms with Crippen LogP contribution in [0, 0.1) is 11.8 Å². The first kappa shape index (κ1) is 23.1. The van der Waals surface area contributed by atoms with Crippen LogP contribution in [0.1, 0.15) is 65.2 Å². The number of aromatic hydroxyl groups is 1. The lowest BCUT2D eigenvalue weighted by Crippen LogP contribution is -2.56. The molecule has 7 nitrogen and oxygen atoms in total. The zero-order valence-corrected chi connectivity index (χ0v) is 18.6. The van der Waals surface area contributed by atoms with Crippen molar-refractivity contribution < 1.29 is 19.5 Å². The summed E-state index contributed by atoms with van der Waals surface area (Å²) in [6, 6.07) is 5.38. The Labute approximate surface area is 184 Å². The highest BCUT2D eigenvalue weighted by Crippen LogP contribution is 2.30. The molecule has 0 radical (unpaired) electrons. The van der Waals surface area contributed by atoms with Gasteiger partial charge >= 0.3 is 0 Å². The minimum atomic E-state index is -0.598. The highest BCUT2D eigenvalue weighted by Gasteiger charge is 2.41. The summed E-state index contributed by atoms with van der Waals surface area (Å²) >= 11 is 0. The fourth-order valence-electron chi connectivity index (χ4n) is 4.61. The molecule has 1 saturated heterocycles. The number of likely N-dealkylation sites (tertiary alicyclic amines) is 1. The molecule has 1 saturated carbocycles. The second kappa shape index (κ2) is 10.6. The van der Waals surface area contributed by atoms with E-state index < -0.39 is 12.1 Å². The zero-order chi connectivity index (χ0) is 22.4. The van der Waals surface area contributed by atoms with Crippen LogP contribution in [0.25, 0.3) is 0 Å². The van der Waals surface area contributed by atoms with Crippen molar-refractivity contribution in [2.75, 3.05) is 11.9 Å². The van der Waals surface area contributed by atoms with Crippen molar-refractivity contribution in [2.24, 2.45) is 11.8 Å². The summed E-state index contributed by atoms with van der Waals surface area (Å²) < 4.78 is 0. The molecule has 3 N–H and O–H groups in total. The number of carbonyl (C=O) groups is 3. The van der Waals surface area contributed by atoms with Crippen LogP contribution in [0.4, 0.5) is 5.69 Å². The molecule has 1 aromatic carbocycles. The number of benzene rings is 1. The summed E-state index contributed by atoms with van der Waals surface area (Å²) in [7, 11) is 0. The second-order valence-corrected chi connectivity index (χ2v) is 8.89. The summed E-state index contributed by atoms with van der Waals surface area (Å²) in [4.78, 5) is 40.8. The van der Waals surface area contributed by atoms with Crippen LogP contribution < -0.4 is 10.6 Å². The average molecular weight is 430 g/mol. The highest BCUT2D eigenvalue weighted by atomic mass is 16.3. The van der Waals surface area contributed by atoms with E-state index in [1.165, 1.54) is 6.07 Å². The van der Waals surface area contributed by atoms with Gasteiger partial charge < -0.3 is 20.6 Å². The number of nitrogens with one attached hydrogen (secondary N) is 2. The third-order valence-corrected chi connectivity index (χ3v) is 6.75. The van der Waals surface area contributed by atoms with Gasteiger partial charge in [0.25, 0.3) is 0 Å². The number of rotatable bonds is 7. The van der Waals surface area contributed by atoms with Crippen molar-refractivity contribution in [3.63, 3.8) is 0 Å². The number of para-hydroxylation sites is 2. The van der Waals surface area contributed by atoms with E-state index in [1.54, 1.807) is 23.1 Å². The molecule has 1 aliphatic heterocycles. The lowest BCUT2D eigenvalue weighted by atomic mass is 9.83. The summed E-state index contributed by atoms with van der Waals surface area (Å²) in [6.45, 7) is 4.33. The van der Waals surface area contributed by atoms with Gasteiger partial charge in [0.05, 0.1) is 5.69 Å². The van der Waals surface area contributed by atoms with Gasteiger partial charge in [0, 0.05) is 12.5 Å². The lowest BCUT2D eigenvalue weighted by molar-refractivity contribution is -0.142. The van der Waals surface area contributed by atoms with E-state index in [4.69, 9.17) is 0 Å². The molecule has 1 aliphatic carbocycles. The number of phenolic OH excluding ortho intramolecular Hbond substituents is 1. The van der Waals surface area contributed by atoms with Crippen LogP contribution in [-0.4, -0.2) is 46.4 Å². The molecule has 7 heteroatoms. The van der Waals surface area contributed by atoms with Gasteiger partial charge in [-0.1, -0.05) is 45.2 Å². The molecule has 1 aromatic rings. The van der Waals surface area contributed by atoms with Gasteiger partial charge in [-0.3, -0.25) is 14.4 Å². The number of carbonyl (C=O) groups excluding carboxylic acids is 3. The van der Waals surface area contributed by atoms with Crippen molar-refractivity contribution in [2.45, 2.75) is 77.3 Å². The molecule has 0 aromatic heterocycles. The third-order valence-electron chi connectivity index (χ3n) is 6.75. The number of nitrogens with zero attached hydrogens (tertiary/aromatic N) is 1. The van der Waals surface area contributed by atoms with Crippen molar-refractivity contribution in [3.05, 3.63) is 24.3 Å². The molecular formula is C24H35N3O4. The Morgan fingerprint density at radius 3 is 2.48 bits per heavy atom. The minimum absolute atomic E-state index is 0.00683. The Balaban J connectivity index is 1.75. The van der Waals surface area contributed by atoms with Crippen molar-refractivity contribution in [1.82, 2.24) is 10.2 Å². The van der Waals surface area contributed by atoms with Gasteiger partial charge in [-0.15, -0.1) is 0 Å². The molecule has 3 amide bonds. The Bertz CT molecular complexity index is 791. The largest absolute Gasteiger partial charge is 0.506 e. The second-order valence-electron chi connectivity index (χ2n) is 8.89. The molecule has 2 fully saturated rings. The van der Waals surface area contributed by atoms with Crippen LogP contribution in [0.5, 0.6) is 5.75 Å². The first-order chi connectivity index (χ1) is 14.9. The van der Waals surface area contributed by atoms with E-state index in [0.29, 0.717) is 25.1 Å². The molecule has 0 unspecified atom stereocenters. The average Bonchev–Trinajstić information content (AvgIpc) is 3.28. The van der Waals surface area contributed by atoms with Crippen molar-refractivity contribution in [3.8, 4) is 5.75 Å². The van der Waals surface area contributed by atoms with E-state index in [1.807, 2.05) is 13.8 Å². The van der Waals surface area contributed by atoms with Crippen LogP contribution in [0.3, 0.4) is 0 Å². The maximum absolute atomic E-state index is 13.6. The van der Waals surface area contributed by atoms with E-state index in [-0.39, 0.29) is 35.3 Å². The molecule has 0 spiro atoms. The summed E-state index contributed by atoms with van der Waals surface area (Å²) in [5, 5.41) is 15.8. The summed E-state index contributed by atoms with van der Waals surface area (Å²) in [5.74, 6) is -0.607. The predicted octanol–water partition coefficient (Wildman–Crippen LogP) is 3.43. The summed E-state index contributed by atoms with van der Waals surface area (Å²) in [5.41, 5.74) is 0.334. The number of anilines is 1. The number of hydrogen-bond acceptors (Lipinski definition) is 4. The van der Waals surface area contributed by atoms with Gasteiger partial charge in [0.15, 0.2) is 0 Å². The first-order valence-corrected chi connectivity index (χ1v) is 11.6.